The summed E-state index contributed by atoms with van der Waals surface area (Å²) in [5.41, 5.74) is 1.83. The molecule has 0 fully saturated rings. The summed E-state index contributed by atoms with van der Waals surface area (Å²) in [6.07, 6.45) is 1.05. The summed E-state index contributed by atoms with van der Waals surface area (Å²) < 4.78 is 29.0. The van der Waals surface area contributed by atoms with Crippen molar-refractivity contribution in [2.24, 2.45) is 0 Å². The van der Waals surface area contributed by atoms with Crippen molar-refractivity contribution in [2.75, 3.05) is 20.6 Å². The number of hydrogen-bond acceptors (Lipinski definition) is 4. The summed E-state index contributed by atoms with van der Waals surface area (Å²) in [6, 6.07) is 10.7. The predicted octanol–water partition coefficient (Wildman–Crippen LogP) is -1.08. The third-order valence-electron chi connectivity index (χ3n) is 5.08. The molecule has 0 atom stereocenters. The number of hydrogen-bond donors (Lipinski definition) is 0. The molecule has 0 N–H and O–H groups in total. The van der Waals surface area contributed by atoms with Crippen LogP contribution in [0.2, 0.25) is 0 Å². The van der Waals surface area contributed by atoms with Crippen LogP contribution < -0.4 is 40.1 Å². The SMILES string of the molecule is CN(C)CCc1ccc2c(=O)cc(CCc3cccc(F)c3F)n(CC(=O)[O-])c2c1.[Na+]. The Morgan fingerprint density at radius 2 is 1.81 bits per heavy atom. The minimum Gasteiger partial charge on any atom is -0.548 e. The van der Waals surface area contributed by atoms with E-state index in [1.807, 2.05) is 31.1 Å². The second-order valence-electron chi connectivity index (χ2n) is 7.58. The Hall–Kier alpha value is -2.06. The van der Waals surface area contributed by atoms with Gasteiger partial charge in [0.1, 0.15) is 0 Å². The van der Waals surface area contributed by atoms with Crippen molar-refractivity contribution < 1.29 is 48.2 Å². The first-order chi connectivity index (χ1) is 14.3. The second kappa shape index (κ2) is 11.0. The van der Waals surface area contributed by atoms with Crippen molar-refractivity contribution in [3.8, 4) is 0 Å². The molecule has 1 heterocycles. The molecule has 8 heteroatoms. The van der Waals surface area contributed by atoms with Crippen molar-refractivity contribution in [3.05, 3.63) is 81.1 Å². The van der Waals surface area contributed by atoms with Gasteiger partial charge in [0.05, 0.1) is 18.0 Å². The van der Waals surface area contributed by atoms with Gasteiger partial charge < -0.3 is 19.4 Å². The summed E-state index contributed by atoms with van der Waals surface area (Å²) >= 11 is 0. The van der Waals surface area contributed by atoms with Gasteiger partial charge in [0.25, 0.3) is 0 Å². The van der Waals surface area contributed by atoms with Crippen LogP contribution in [0.3, 0.4) is 0 Å². The number of aliphatic carboxylic acids is 1. The molecule has 158 valence electrons. The second-order valence-corrected chi connectivity index (χ2v) is 7.58. The Balaban J connectivity index is 0.00000341. The van der Waals surface area contributed by atoms with Crippen molar-refractivity contribution >= 4 is 16.9 Å². The molecule has 3 aromatic rings. The van der Waals surface area contributed by atoms with Crippen molar-refractivity contribution in [2.45, 2.75) is 25.8 Å². The van der Waals surface area contributed by atoms with Gasteiger partial charge in [-0.15, -0.1) is 0 Å². The molecule has 0 spiro atoms. The van der Waals surface area contributed by atoms with Gasteiger partial charge in [-0.3, -0.25) is 4.79 Å². The van der Waals surface area contributed by atoms with Crippen LogP contribution in [0.1, 0.15) is 16.8 Å². The number of pyridine rings is 1. The zero-order valence-corrected chi connectivity index (χ0v) is 20.0. The molecule has 2 aromatic carbocycles. The van der Waals surface area contributed by atoms with E-state index in [0.29, 0.717) is 16.6 Å². The van der Waals surface area contributed by atoms with Crippen molar-refractivity contribution in [3.63, 3.8) is 0 Å². The number of benzene rings is 2. The molecular weight excluding hydrogens is 413 g/mol. The maximum absolute atomic E-state index is 14.0. The molecule has 0 aliphatic heterocycles. The van der Waals surface area contributed by atoms with E-state index in [2.05, 4.69) is 0 Å². The molecule has 1 aromatic heterocycles. The maximum Gasteiger partial charge on any atom is 1.00 e. The third-order valence-corrected chi connectivity index (χ3v) is 5.08. The third kappa shape index (κ3) is 6.23. The molecule has 5 nitrogen and oxygen atoms in total. The maximum atomic E-state index is 14.0. The fraction of sp³-hybridized carbons (Fsp3) is 0.304. The average molecular weight is 436 g/mol. The van der Waals surface area contributed by atoms with E-state index < -0.39 is 24.1 Å². The van der Waals surface area contributed by atoms with E-state index in [1.165, 1.54) is 22.8 Å². The van der Waals surface area contributed by atoms with Crippen molar-refractivity contribution in [1.29, 1.82) is 0 Å². The van der Waals surface area contributed by atoms with Crippen LogP contribution in [0.25, 0.3) is 10.9 Å². The first-order valence-corrected chi connectivity index (χ1v) is 9.69. The molecule has 0 aliphatic carbocycles. The van der Waals surface area contributed by atoms with Crippen LogP contribution in [-0.4, -0.2) is 36.1 Å². The summed E-state index contributed by atoms with van der Waals surface area (Å²) in [5, 5.41) is 11.8. The Morgan fingerprint density at radius 3 is 2.48 bits per heavy atom. The topological polar surface area (TPSA) is 65.4 Å². The van der Waals surface area contributed by atoms with Crippen molar-refractivity contribution in [1.82, 2.24) is 9.47 Å². The molecule has 0 unspecified atom stereocenters. The largest absolute Gasteiger partial charge is 1.00 e. The summed E-state index contributed by atoms with van der Waals surface area (Å²) in [5.74, 6) is -3.17. The van der Waals surface area contributed by atoms with Gasteiger partial charge in [0.2, 0.25) is 0 Å². The number of carboxylic acids is 1. The molecule has 0 aliphatic rings. The van der Waals surface area contributed by atoms with E-state index in [-0.39, 0.29) is 53.4 Å². The van der Waals surface area contributed by atoms with Crippen LogP contribution in [0.4, 0.5) is 8.78 Å². The van der Waals surface area contributed by atoms with Crippen LogP contribution in [-0.2, 0) is 30.6 Å². The number of carbonyl (C=O) groups excluding carboxylic acids is 1. The van der Waals surface area contributed by atoms with Gasteiger partial charge in [-0.1, -0.05) is 18.2 Å². The fourth-order valence-electron chi connectivity index (χ4n) is 3.51. The quantitative estimate of drug-likeness (QED) is 0.422. The number of aromatic nitrogens is 1. The first-order valence-electron chi connectivity index (χ1n) is 9.69. The summed E-state index contributed by atoms with van der Waals surface area (Å²) in [4.78, 5) is 26.1. The monoisotopic (exact) mass is 436 g/mol. The van der Waals surface area contributed by atoms with E-state index >= 15 is 0 Å². The Labute approximate surface area is 201 Å². The number of nitrogens with zero attached hydrogens (tertiary/aromatic N) is 2. The first kappa shape index (κ1) is 25.2. The molecular formula is C23H23F2N2NaO3. The van der Waals surface area contributed by atoms with Gasteiger partial charge in [0.15, 0.2) is 17.1 Å². The number of rotatable bonds is 8. The number of halogens is 2. The molecule has 0 radical (unpaired) electrons. The number of fused-ring (bicyclic) bond motifs is 1. The van der Waals surface area contributed by atoms with E-state index in [4.69, 9.17) is 0 Å². The smallest absolute Gasteiger partial charge is 0.548 e. The van der Waals surface area contributed by atoms with E-state index in [1.54, 1.807) is 6.07 Å². The normalized spacial score (nSPS) is 11.0. The number of carbonyl (C=O) groups is 1. The Kier molecular flexibility index (Phi) is 8.94. The van der Waals surface area contributed by atoms with Gasteiger partial charge in [0, 0.05) is 23.7 Å². The van der Waals surface area contributed by atoms with Gasteiger partial charge in [-0.2, -0.15) is 0 Å². The zero-order chi connectivity index (χ0) is 21.8. The van der Waals surface area contributed by atoms with Gasteiger partial charge >= 0.3 is 29.6 Å². The predicted molar refractivity (Wildman–Crippen MR) is 109 cm³/mol. The van der Waals surface area contributed by atoms with Crippen LogP contribution in [0.15, 0.2) is 47.3 Å². The summed E-state index contributed by atoms with van der Waals surface area (Å²) in [7, 11) is 3.91. The zero-order valence-electron chi connectivity index (χ0n) is 18.0. The molecule has 0 saturated carbocycles. The Morgan fingerprint density at radius 1 is 1.06 bits per heavy atom. The van der Waals surface area contributed by atoms with E-state index in [0.717, 1.165) is 24.6 Å². The molecule has 3 rings (SSSR count). The van der Waals surface area contributed by atoms with Crippen LogP contribution >= 0.6 is 0 Å². The van der Waals surface area contributed by atoms with Crippen LogP contribution in [0.5, 0.6) is 0 Å². The molecule has 0 amide bonds. The van der Waals surface area contributed by atoms with E-state index in [9.17, 15) is 23.5 Å². The van der Waals surface area contributed by atoms with Gasteiger partial charge in [-0.05, 0) is 62.7 Å². The minimum atomic E-state index is -1.29. The van der Waals surface area contributed by atoms with Gasteiger partial charge in [-0.25, -0.2) is 8.78 Å². The number of aryl methyl sites for hydroxylation is 2. The molecule has 0 bridgehead atoms. The number of carboxylic acid groups (broad SMARTS) is 1. The molecule has 0 saturated heterocycles. The minimum absolute atomic E-state index is 0. The molecule has 31 heavy (non-hydrogen) atoms. The van der Waals surface area contributed by atoms with Crippen LogP contribution in [0, 0.1) is 11.6 Å². The average Bonchev–Trinajstić information content (AvgIpc) is 2.69. The summed E-state index contributed by atoms with van der Waals surface area (Å²) in [6.45, 7) is 0.365. The standard InChI is InChI=1S/C23H24F2N2O3.Na/c1-26(2)11-10-15-6-9-18-20(12-15)27(14-22(29)30)17(13-21(18)28)8-7-16-4-3-5-19(24)23(16)25;/h3-6,9,12-13H,7-8,10-11,14H2,1-2H3,(H,29,30);/q;+1/p-1. The fourth-order valence-corrected chi connectivity index (χ4v) is 3.51. The number of likely N-dealkylation sites (N-methyl/N-ethyl adjacent to an activating group) is 1. The Bertz CT molecular complexity index is 1150.